The van der Waals surface area contributed by atoms with Crippen molar-refractivity contribution in [3.8, 4) is 0 Å². The van der Waals surface area contributed by atoms with E-state index in [1.807, 2.05) is 39.8 Å². The molecule has 6 nitrogen and oxygen atoms in total. The molecule has 2 saturated heterocycles. The zero-order valence-corrected chi connectivity index (χ0v) is 22.2. The summed E-state index contributed by atoms with van der Waals surface area (Å²) in [6, 6.07) is 14.9. The lowest BCUT2D eigenvalue weighted by molar-refractivity contribution is 0.0782. The highest BCUT2D eigenvalue weighted by Crippen LogP contribution is 2.37. The van der Waals surface area contributed by atoms with Crippen molar-refractivity contribution in [2.75, 3.05) is 39.3 Å². The number of aliphatic hydroxyl groups is 1. The van der Waals surface area contributed by atoms with Crippen LogP contribution in [-0.2, 0) is 6.54 Å². The first-order chi connectivity index (χ1) is 18.6. The number of carbonyl (C=O) groups is 1. The average molecular weight is 533 g/mol. The van der Waals surface area contributed by atoms with Crippen LogP contribution in [0.15, 0.2) is 65.6 Å². The zero-order valence-electron chi connectivity index (χ0n) is 21.4. The number of fused-ring (bicyclic) bond motifs is 1. The minimum atomic E-state index is -0.180. The Labute approximate surface area is 226 Å². The number of carbonyl (C=O) groups excluding carboxylic acids is 1. The van der Waals surface area contributed by atoms with Crippen molar-refractivity contribution in [1.29, 1.82) is 0 Å². The predicted octanol–water partition coefficient (Wildman–Crippen LogP) is 4.96. The van der Waals surface area contributed by atoms with Crippen LogP contribution in [0, 0.1) is 11.7 Å². The van der Waals surface area contributed by atoms with Crippen LogP contribution >= 0.6 is 11.3 Å². The number of aliphatic hydroxyl groups excluding tert-OH is 1. The lowest BCUT2D eigenvalue weighted by Gasteiger charge is -2.34. The highest BCUT2D eigenvalue weighted by molar-refractivity contribution is 7.08. The number of amides is 1. The van der Waals surface area contributed by atoms with Crippen molar-refractivity contribution in [3.05, 3.63) is 88.1 Å². The van der Waals surface area contributed by atoms with Crippen molar-refractivity contribution in [2.45, 2.75) is 31.2 Å². The number of halogens is 1. The third kappa shape index (κ3) is 5.00. The second kappa shape index (κ2) is 11.0. The second-order valence-corrected chi connectivity index (χ2v) is 11.4. The molecule has 2 aromatic carbocycles. The quantitative estimate of drug-likeness (QED) is 0.365. The van der Waals surface area contributed by atoms with E-state index >= 15 is 0 Å². The van der Waals surface area contributed by atoms with Gasteiger partial charge in [0.2, 0.25) is 0 Å². The van der Waals surface area contributed by atoms with E-state index in [2.05, 4.69) is 26.7 Å². The van der Waals surface area contributed by atoms with Crippen molar-refractivity contribution in [2.24, 2.45) is 5.92 Å². The number of imidazole rings is 1. The highest BCUT2D eigenvalue weighted by atomic mass is 32.1. The fourth-order valence-corrected chi connectivity index (χ4v) is 7.07. The van der Waals surface area contributed by atoms with Gasteiger partial charge in [0.25, 0.3) is 5.91 Å². The van der Waals surface area contributed by atoms with E-state index in [-0.39, 0.29) is 18.3 Å². The number of benzene rings is 2. The Morgan fingerprint density at radius 1 is 1.05 bits per heavy atom. The van der Waals surface area contributed by atoms with Crippen LogP contribution in [0.25, 0.3) is 11.0 Å². The summed E-state index contributed by atoms with van der Waals surface area (Å²) in [7, 11) is 0. The number of nitrogens with zero attached hydrogens (tertiary/aromatic N) is 4. The number of aromatic nitrogens is 2. The topological polar surface area (TPSA) is 61.6 Å². The smallest absolute Gasteiger partial charge is 0.256 e. The van der Waals surface area contributed by atoms with E-state index in [0.29, 0.717) is 36.4 Å². The normalized spacial score (nSPS) is 20.9. The molecule has 0 saturated carbocycles. The SMILES string of the molecule is O=C(c1cccc2ncn(CCO)c12)N1C[C@@H](CN2CCC(c3ccc(F)cc3)CC2)[C@H](c2ccsc2)C1. The maximum absolute atomic E-state index is 13.9. The summed E-state index contributed by atoms with van der Waals surface area (Å²) in [6.45, 7) is 4.84. The fourth-order valence-electron chi connectivity index (χ4n) is 6.35. The summed E-state index contributed by atoms with van der Waals surface area (Å²) in [5.41, 5.74) is 4.77. The molecule has 8 heteroatoms. The summed E-state index contributed by atoms with van der Waals surface area (Å²) >= 11 is 1.71. The van der Waals surface area contributed by atoms with Crippen LogP contribution in [0.5, 0.6) is 0 Å². The first-order valence-electron chi connectivity index (χ1n) is 13.4. The molecule has 6 rings (SSSR count). The lowest BCUT2D eigenvalue weighted by Crippen LogP contribution is -2.38. The number of hydrogen-bond donors (Lipinski definition) is 1. The molecule has 2 aromatic heterocycles. The van der Waals surface area contributed by atoms with Gasteiger partial charge in [-0.2, -0.15) is 11.3 Å². The summed E-state index contributed by atoms with van der Waals surface area (Å²) in [5.74, 6) is 0.998. The van der Waals surface area contributed by atoms with Crippen molar-refractivity contribution in [1.82, 2.24) is 19.4 Å². The number of para-hydroxylation sites is 1. The molecule has 2 aliphatic rings. The van der Waals surface area contributed by atoms with Crippen LogP contribution in [0.2, 0.25) is 0 Å². The molecule has 2 aliphatic heterocycles. The molecule has 2 atom stereocenters. The zero-order chi connectivity index (χ0) is 26.1. The standard InChI is InChI=1S/C30H33FN4O2S/c31-25-6-4-21(5-7-25)22-8-11-33(12-9-22)16-24-17-35(18-27(24)23-10-15-38-19-23)30(37)26-2-1-3-28-29(26)34(13-14-36)20-32-28/h1-7,10,15,19-20,22,24,27,36H,8-9,11-14,16-18H2/t24-,27+/m1/s1. The van der Waals surface area contributed by atoms with E-state index in [1.165, 1.54) is 11.1 Å². The Morgan fingerprint density at radius 2 is 1.87 bits per heavy atom. The van der Waals surface area contributed by atoms with Gasteiger partial charge in [0.05, 0.1) is 29.5 Å². The summed E-state index contributed by atoms with van der Waals surface area (Å²) < 4.78 is 15.2. The largest absolute Gasteiger partial charge is 0.395 e. The first kappa shape index (κ1) is 25.2. The first-order valence-corrected chi connectivity index (χ1v) is 14.4. The molecule has 38 heavy (non-hydrogen) atoms. The maximum atomic E-state index is 13.9. The Bertz CT molecular complexity index is 1380. The number of likely N-dealkylation sites (tertiary alicyclic amines) is 2. The van der Waals surface area contributed by atoms with Crippen LogP contribution in [-0.4, -0.2) is 69.7 Å². The fraction of sp³-hybridized carbons (Fsp3) is 0.400. The van der Waals surface area contributed by atoms with Gasteiger partial charge in [0.15, 0.2) is 0 Å². The van der Waals surface area contributed by atoms with Gasteiger partial charge in [0, 0.05) is 32.1 Å². The third-order valence-electron chi connectivity index (χ3n) is 8.33. The minimum Gasteiger partial charge on any atom is -0.395 e. The third-order valence-corrected chi connectivity index (χ3v) is 9.03. The Morgan fingerprint density at radius 3 is 2.61 bits per heavy atom. The molecule has 198 valence electrons. The van der Waals surface area contributed by atoms with Gasteiger partial charge in [-0.15, -0.1) is 0 Å². The number of thiophene rings is 1. The van der Waals surface area contributed by atoms with Gasteiger partial charge in [-0.05, 0) is 90.0 Å². The molecule has 4 heterocycles. The van der Waals surface area contributed by atoms with Crippen molar-refractivity contribution >= 4 is 28.3 Å². The van der Waals surface area contributed by atoms with Gasteiger partial charge in [-0.3, -0.25) is 4.79 Å². The molecule has 0 bridgehead atoms. The number of piperidine rings is 1. The lowest BCUT2D eigenvalue weighted by atomic mass is 9.87. The molecule has 4 aromatic rings. The molecule has 0 unspecified atom stereocenters. The molecule has 2 fully saturated rings. The van der Waals surface area contributed by atoms with Gasteiger partial charge < -0.3 is 19.5 Å². The minimum absolute atomic E-state index is 0.00213. The Hall–Kier alpha value is -3.07. The summed E-state index contributed by atoms with van der Waals surface area (Å²) in [4.78, 5) is 22.9. The average Bonchev–Trinajstić information content (AvgIpc) is 3.70. The molecule has 0 spiro atoms. The van der Waals surface area contributed by atoms with Gasteiger partial charge >= 0.3 is 0 Å². The predicted molar refractivity (Wildman–Crippen MR) is 148 cm³/mol. The molecule has 0 aliphatic carbocycles. The maximum Gasteiger partial charge on any atom is 0.256 e. The van der Waals surface area contributed by atoms with E-state index in [1.54, 1.807) is 29.8 Å². The van der Waals surface area contributed by atoms with E-state index in [4.69, 9.17) is 0 Å². The monoisotopic (exact) mass is 532 g/mol. The Kier molecular flexibility index (Phi) is 7.28. The molecule has 1 amide bonds. The van der Waals surface area contributed by atoms with Gasteiger partial charge in [-0.25, -0.2) is 9.37 Å². The highest BCUT2D eigenvalue weighted by Gasteiger charge is 2.38. The van der Waals surface area contributed by atoms with Crippen LogP contribution in [0.4, 0.5) is 4.39 Å². The van der Waals surface area contributed by atoms with E-state index in [9.17, 15) is 14.3 Å². The summed E-state index contributed by atoms with van der Waals surface area (Å²) in [6.07, 6.45) is 3.84. The van der Waals surface area contributed by atoms with Gasteiger partial charge in [0.1, 0.15) is 5.82 Å². The molecular formula is C30H33FN4O2S. The van der Waals surface area contributed by atoms with E-state index < -0.39 is 0 Å². The molecule has 0 radical (unpaired) electrons. The van der Waals surface area contributed by atoms with Crippen molar-refractivity contribution in [3.63, 3.8) is 0 Å². The molecule has 1 N–H and O–H groups in total. The van der Waals surface area contributed by atoms with Crippen LogP contribution in [0.3, 0.4) is 0 Å². The second-order valence-electron chi connectivity index (χ2n) is 10.6. The Balaban J connectivity index is 1.18. The molecular weight excluding hydrogens is 499 g/mol. The van der Waals surface area contributed by atoms with E-state index in [0.717, 1.165) is 50.1 Å². The summed E-state index contributed by atoms with van der Waals surface area (Å²) in [5, 5.41) is 13.8. The number of hydrogen-bond acceptors (Lipinski definition) is 5. The van der Waals surface area contributed by atoms with Gasteiger partial charge in [-0.1, -0.05) is 18.2 Å². The van der Waals surface area contributed by atoms with Crippen molar-refractivity contribution < 1.29 is 14.3 Å². The van der Waals surface area contributed by atoms with Crippen LogP contribution < -0.4 is 0 Å². The number of rotatable bonds is 7. The van der Waals surface area contributed by atoms with Crippen LogP contribution in [0.1, 0.15) is 46.2 Å².